The molecule has 2 aliphatic heterocycles. The van der Waals surface area contributed by atoms with E-state index in [1.807, 2.05) is 36.1 Å². The van der Waals surface area contributed by atoms with Crippen LogP contribution in [0.4, 0.5) is 26.2 Å². The van der Waals surface area contributed by atoms with Gasteiger partial charge in [-0.15, -0.1) is 0 Å². The van der Waals surface area contributed by atoms with Crippen molar-refractivity contribution in [2.75, 3.05) is 61.4 Å². The second-order valence-electron chi connectivity index (χ2n) is 9.12. The van der Waals surface area contributed by atoms with Crippen molar-refractivity contribution in [3.05, 3.63) is 41.1 Å². The Morgan fingerprint density at radius 3 is 2.48 bits per heavy atom. The van der Waals surface area contributed by atoms with Crippen molar-refractivity contribution in [1.82, 2.24) is 14.9 Å². The first-order valence-corrected chi connectivity index (χ1v) is 11.5. The number of aryl methyl sites for hydroxylation is 2. The largest absolute Gasteiger partial charge is 0.356 e. The van der Waals surface area contributed by atoms with Crippen LogP contribution in [0.25, 0.3) is 0 Å². The number of hydrogen-bond acceptors (Lipinski definition) is 6. The first kappa shape index (κ1) is 23.4. The molecule has 1 aromatic heterocycles. The molecule has 0 unspecified atom stereocenters. The molecule has 2 saturated heterocycles. The highest BCUT2D eigenvalue weighted by Gasteiger charge is 2.34. The van der Waals surface area contributed by atoms with E-state index in [9.17, 15) is 13.6 Å². The second kappa shape index (κ2) is 9.59. The zero-order chi connectivity index (χ0) is 23.6. The van der Waals surface area contributed by atoms with Crippen LogP contribution in [0.3, 0.4) is 0 Å². The van der Waals surface area contributed by atoms with Crippen LogP contribution in [0.15, 0.2) is 24.3 Å². The molecule has 3 heterocycles. The van der Waals surface area contributed by atoms with Gasteiger partial charge in [0.25, 0.3) is 5.91 Å². The number of likely N-dealkylation sites (N-methyl/N-ethyl adjacent to an activating group) is 1. The zero-order valence-electron chi connectivity index (χ0n) is 19.6. The van der Waals surface area contributed by atoms with Crippen LogP contribution in [-0.2, 0) is 0 Å². The van der Waals surface area contributed by atoms with E-state index in [-0.39, 0.29) is 25.3 Å². The number of aromatic nitrogens is 2. The van der Waals surface area contributed by atoms with Crippen LogP contribution >= 0.6 is 0 Å². The van der Waals surface area contributed by atoms with Gasteiger partial charge >= 0.3 is 0 Å². The molecule has 2 fully saturated rings. The fraction of sp³-hybridized carbons (Fsp3) is 0.542. The number of nitrogens with one attached hydrogen (secondary N) is 1. The third-order valence-corrected chi connectivity index (χ3v) is 6.37. The third-order valence-electron chi connectivity index (χ3n) is 6.37. The van der Waals surface area contributed by atoms with Crippen molar-refractivity contribution < 1.29 is 13.6 Å². The van der Waals surface area contributed by atoms with Crippen molar-refractivity contribution >= 4 is 23.4 Å². The van der Waals surface area contributed by atoms with Crippen LogP contribution in [0.2, 0.25) is 0 Å². The summed E-state index contributed by atoms with van der Waals surface area (Å²) in [7, 11) is 2.07. The maximum absolute atomic E-state index is 14.1. The monoisotopic (exact) mass is 458 g/mol. The van der Waals surface area contributed by atoms with Gasteiger partial charge in [0.15, 0.2) is 0 Å². The number of anilines is 3. The molecule has 0 radical (unpaired) electrons. The van der Waals surface area contributed by atoms with E-state index in [1.165, 1.54) is 0 Å². The molecule has 9 heteroatoms. The average Bonchev–Trinajstić information content (AvgIpc) is 2.94. The molecule has 0 aliphatic carbocycles. The first-order chi connectivity index (χ1) is 15.7. The molecule has 1 N–H and O–H groups in total. The Hall–Kier alpha value is -2.81. The highest BCUT2D eigenvalue weighted by Crippen LogP contribution is 2.32. The summed E-state index contributed by atoms with van der Waals surface area (Å²) in [6.07, 6.45) is -0.0542. The quantitative estimate of drug-likeness (QED) is 0.754. The summed E-state index contributed by atoms with van der Waals surface area (Å²) in [4.78, 5) is 29.0. The fourth-order valence-electron chi connectivity index (χ4n) is 4.38. The number of nitrogens with zero attached hydrogens (tertiary/aromatic N) is 5. The van der Waals surface area contributed by atoms with Crippen LogP contribution in [0.5, 0.6) is 0 Å². The maximum atomic E-state index is 14.1. The number of halogens is 2. The van der Waals surface area contributed by atoms with E-state index in [1.54, 1.807) is 6.92 Å². The summed E-state index contributed by atoms with van der Waals surface area (Å²) in [5.74, 6) is -2.02. The molecule has 2 aromatic rings. The maximum Gasteiger partial charge on any atom is 0.261 e. The van der Waals surface area contributed by atoms with Gasteiger partial charge in [0.2, 0.25) is 11.9 Å². The third kappa shape index (κ3) is 5.58. The lowest BCUT2D eigenvalue weighted by Crippen LogP contribution is -2.45. The summed E-state index contributed by atoms with van der Waals surface area (Å²) in [6, 6.07) is 7.55. The normalized spacial score (nSPS) is 19.3. The summed E-state index contributed by atoms with van der Waals surface area (Å²) >= 11 is 0. The molecule has 0 bridgehead atoms. The highest BCUT2D eigenvalue weighted by atomic mass is 19.3. The van der Waals surface area contributed by atoms with E-state index in [4.69, 9.17) is 4.98 Å². The van der Waals surface area contributed by atoms with Gasteiger partial charge in [-0.05, 0) is 45.0 Å². The van der Waals surface area contributed by atoms with Gasteiger partial charge in [-0.25, -0.2) is 13.8 Å². The lowest BCUT2D eigenvalue weighted by Gasteiger charge is -2.33. The van der Waals surface area contributed by atoms with Gasteiger partial charge in [-0.2, -0.15) is 4.98 Å². The van der Waals surface area contributed by atoms with Crippen molar-refractivity contribution in [3.8, 4) is 0 Å². The van der Waals surface area contributed by atoms with Crippen LogP contribution in [0.1, 0.15) is 40.9 Å². The Kier molecular flexibility index (Phi) is 6.78. The minimum Gasteiger partial charge on any atom is -0.356 e. The molecule has 1 amide bonds. The minimum atomic E-state index is -2.69. The Labute approximate surface area is 193 Å². The number of rotatable bonds is 4. The van der Waals surface area contributed by atoms with E-state index >= 15 is 0 Å². The zero-order valence-corrected chi connectivity index (χ0v) is 19.6. The van der Waals surface area contributed by atoms with E-state index in [2.05, 4.69) is 27.1 Å². The molecule has 0 atom stereocenters. The van der Waals surface area contributed by atoms with Crippen LogP contribution < -0.4 is 15.1 Å². The lowest BCUT2D eigenvalue weighted by atomic mass is 10.1. The lowest BCUT2D eigenvalue weighted by molar-refractivity contribution is -0.0102. The molecule has 178 valence electrons. The van der Waals surface area contributed by atoms with Crippen molar-refractivity contribution in [3.63, 3.8) is 0 Å². The fourth-order valence-corrected chi connectivity index (χ4v) is 4.38. The highest BCUT2D eigenvalue weighted by molar-refractivity contribution is 6.08. The van der Waals surface area contributed by atoms with E-state index in [0.29, 0.717) is 41.7 Å². The summed E-state index contributed by atoms with van der Waals surface area (Å²) in [6.45, 7) is 7.67. The van der Waals surface area contributed by atoms with Gasteiger partial charge in [0, 0.05) is 57.8 Å². The molecule has 7 nitrogen and oxygen atoms in total. The van der Waals surface area contributed by atoms with Crippen LogP contribution in [0, 0.1) is 13.8 Å². The van der Waals surface area contributed by atoms with E-state index in [0.717, 1.165) is 31.7 Å². The van der Waals surface area contributed by atoms with Gasteiger partial charge < -0.3 is 20.0 Å². The Balaban J connectivity index is 1.70. The minimum absolute atomic E-state index is 0.149. The number of carbonyl (C=O) groups excluding carboxylic acids is 1. The second-order valence-corrected chi connectivity index (χ2v) is 9.12. The number of amides is 1. The van der Waals surface area contributed by atoms with Gasteiger partial charge in [-0.1, -0.05) is 12.1 Å². The van der Waals surface area contributed by atoms with Gasteiger partial charge in [0.05, 0.1) is 5.69 Å². The number of hydrogen-bond donors (Lipinski definition) is 1. The smallest absolute Gasteiger partial charge is 0.261 e. The number of benzene rings is 1. The Bertz CT molecular complexity index is 1010. The molecule has 4 rings (SSSR count). The van der Waals surface area contributed by atoms with Crippen molar-refractivity contribution in [2.24, 2.45) is 0 Å². The molecule has 1 aromatic carbocycles. The standard InChI is InChI=1S/C24H32F2N6O/c1-17-6-4-7-19(16-17)28-22(33)20-18(2)27-23(32-14-12-30(3)13-15-32)29-21(20)31-10-5-8-24(25,26)9-11-31/h4,6-7,16H,5,8-15H2,1-3H3,(H,28,33). The van der Waals surface area contributed by atoms with Crippen molar-refractivity contribution in [1.29, 1.82) is 0 Å². The van der Waals surface area contributed by atoms with Gasteiger partial charge in [-0.3, -0.25) is 4.79 Å². The van der Waals surface area contributed by atoms with E-state index < -0.39 is 5.92 Å². The Morgan fingerprint density at radius 2 is 1.76 bits per heavy atom. The topological polar surface area (TPSA) is 64.6 Å². The molecular weight excluding hydrogens is 426 g/mol. The molecule has 0 spiro atoms. The number of carbonyl (C=O) groups is 1. The molecule has 33 heavy (non-hydrogen) atoms. The SMILES string of the molecule is Cc1cccc(NC(=O)c2c(C)nc(N3CCN(C)CC3)nc2N2CCCC(F)(F)CC2)c1. The van der Waals surface area contributed by atoms with Crippen LogP contribution in [-0.4, -0.2) is 73.0 Å². The van der Waals surface area contributed by atoms with Gasteiger partial charge in [0.1, 0.15) is 11.4 Å². The Morgan fingerprint density at radius 1 is 1.00 bits per heavy atom. The molecule has 0 saturated carbocycles. The first-order valence-electron chi connectivity index (χ1n) is 11.5. The average molecular weight is 459 g/mol. The van der Waals surface area contributed by atoms with Crippen molar-refractivity contribution in [2.45, 2.75) is 39.0 Å². The molecular formula is C24H32F2N6O. The summed E-state index contributed by atoms with van der Waals surface area (Å²) < 4.78 is 28.1. The summed E-state index contributed by atoms with van der Waals surface area (Å²) in [5, 5.41) is 2.94. The molecule has 2 aliphatic rings. The predicted molar refractivity (Wildman–Crippen MR) is 127 cm³/mol. The number of alkyl halides is 2. The number of piperazine rings is 1. The predicted octanol–water partition coefficient (Wildman–Crippen LogP) is 3.72. The summed E-state index contributed by atoms with van der Waals surface area (Å²) in [5.41, 5.74) is 2.60.